The van der Waals surface area contributed by atoms with Crippen LogP contribution in [0, 0.1) is 5.92 Å². The topological polar surface area (TPSA) is 18.5 Å². The van der Waals surface area contributed by atoms with E-state index in [-0.39, 0.29) is 0 Å². The Bertz CT molecular complexity index is 368. The lowest BCUT2D eigenvalue weighted by Gasteiger charge is -2.06. The van der Waals surface area contributed by atoms with Gasteiger partial charge >= 0.3 is 0 Å². The molecule has 1 aliphatic rings. The van der Waals surface area contributed by atoms with Crippen molar-refractivity contribution in [3.63, 3.8) is 0 Å². The highest BCUT2D eigenvalue weighted by Crippen LogP contribution is 2.28. The van der Waals surface area contributed by atoms with Gasteiger partial charge in [-0.25, -0.2) is 0 Å². The van der Waals surface area contributed by atoms with Crippen LogP contribution in [0.5, 0.6) is 11.5 Å². The standard InChI is InChI=1S/C15H20O2/c1-16-14-9-13(10-15(11-14)17-2)8-7-12-5-3-4-6-12/h7-12H,3-6H2,1-2H3. The molecule has 1 saturated carbocycles. The molecule has 0 atom stereocenters. The van der Waals surface area contributed by atoms with E-state index in [0.717, 1.165) is 23.0 Å². The highest BCUT2D eigenvalue weighted by Gasteiger charge is 2.11. The molecule has 17 heavy (non-hydrogen) atoms. The van der Waals surface area contributed by atoms with E-state index in [0.29, 0.717) is 0 Å². The molecular formula is C15H20O2. The normalized spacial score (nSPS) is 16.6. The van der Waals surface area contributed by atoms with Gasteiger partial charge in [0.2, 0.25) is 0 Å². The maximum Gasteiger partial charge on any atom is 0.123 e. The predicted octanol–water partition coefficient (Wildman–Crippen LogP) is 3.91. The maximum absolute atomic E-state index is 5.26. The number of ether oxygens (including phenoxy) is 2. The number of hydrogen-bond donors (Lipinski definition) is 0. The van der Waals surface area contributed by atoms with Gasteiger partial charge in [0, 0.05) is 6.07 Å². The maximum atomic E-state index is 5.26. The van der Waals surface area contributed by atoms with Gasteiger partial charge in [-0.2, -0.15) is 0 Å². The molecule has 0 heterocycles. The van der Waals surface area contributed by atoms with E-state index in [2.05, 4.69) is 12.2 Å². The first-order valence-corrected chi connectivity index (χ1v) is 6.23. The average molecular weight is 232 g/mol. The Morgan fingerprint density at radius 3 is 2.12 bits per heavy atom. The van der Waals surface area contributed by atoms with Gasteiger partial charge in [-0.15, -0.1) is 0 Å². The second-order valence-electron chi connectivity index (χ2n) is 4.55. The number of rotatable bonds is 4. The third kappa shape index (κ3) is 3.26. The minimum absolute atomic E-state index is 0.757. The summed E-state index contributed by atoms with van der Waals surface area (Å²) < 4.78 is 10.5. The molecule has 92 valence electrons. The monoisotopic (exact) mass is 232 g/mol. The minimum atomic E-state index is 0.757. The van der Waals surface area contributed by atoms with Crippen LogP contribution in [-0.2, 0) is 0 Å². The van der Waals surface area contributed by atoms with E-state index in [4.69, 9.17) is 9.47 Å². The lowest BCUT2D eigenvalue weighted by atomic mass is 10.1. The van der Waals surface area contributed by atoms with Crippen LogP contribution in [0.4, 0.5) is 0 Å². The molecule has 0 N–H and O–H groups in total. The van der Waals surface area contributed by atoms with Crippen molar-refractivity contribution >= 4 is 6.08 Å². The van der Waals surface area contributed by atoms with Gasteiger partial charge in [0.1, 0.15) is 11.5 Å². The van der Waals surface area contributed by atoms with Gasteiger partial charge in [0.25, 0.3) is 0 Å². The second kappa shape index (κ2) is 5.76. The van der Waals surface area contributed by atoms with Crippen molar-refractivity contribution in [3.8, 4) is 11.5 Å². The quantitative estimate of drug-likeness (QED) is 0.783. The Hall–Kier alpha value is -1.44. The highest BCUT2D eigenvalue weighted by molar-refractivity contribution is 5.55. The molecule has 0 aromatic heterocycles. The molecule has 0 radical (unpaired) electrons. The summed E-state index contributed by atoms with van der Waals surface area (Å²) in [5, 5.41) is 0. The third-order valence-electron chi connectivity index (χ3n) is 3.33. The first-order chi connectivity index (χ1) is 8.31. The fourth-order valence-corrected chi connectivity index (χ4v) is 2.32. The Morgan fingerprint density at radius 2 is 1.59 bits per heavy atom. The molecule has 1 aliphatic carbocycles. The van der Waals surface area contributed by atoms with Crippen LogP contribution in [0.25, 0.3) is 6.08 Å². The zero-order chi connectivity index (χ0) is 12.1. The fraction of sp³-hybridized carbons (Fsp3) is 0.467. The van der Waals surface area contributed by atoms with Gasteiger partial charge in [0.15, 0.2) is 0 Å². The molecule has 1 aromatic carbocycles. The molecule has 0 unspecified atom stereocenters. The van der Waals surface area contributed by atoms with Gasteiger partial charge in [0.05, 0.1) is 14.2 Å². The van der Waals surface area contributed by atoms with Crippen molar-refractivity contribution in [2.45, 2.75) is 25.7 Å². The summed E-state index contributed by atoms with van der Waals surface area (Å²) in [4.78, 5) is 0. The van der Waals surface area contributed by atoms with Crippen LogP contribution in [-0.4, -0.2) is 14.2 Å². The van der Waals surface area contributed by atoms with Crippen LogP contribution in [0.3, 0.4) is 0 Å². The smallest absolute Gasteiger partial charge is 0.123 e. The van der Waals surface area contributed by atoms with Crippen LogP contribution >= 0.6 is 0 Å². The molecule has 0 amide bonds. The lowest BCUT2D eigenvalue weighted by Crippen LogP contribution is -1.89. The number of methoxy groups -OCH3 is 2. The fourth-order valence-electron chi connectivity index (χ4n) is 2.32. The van der Waals surface area contributed by atoms with E-state index in [1.807, 2.05) is 18.2 Å². The zero-order valence-corrected chi connectivity index (χ0v) is 10.6. The summed E-state index contributed by atoms with van der Waals surface area (Å²) in [6.45, 7) is 0. The number of allylic oxidation sites excluding steroid dienone is 1. The van der Waals surface area contributed by atoms with E-state index >= 15 is 0 Å². The van der Waals surface area contributed by atoms with Gasteiger partial charge < -0.3 is 9.47 Å². The SMILES string of the molecule is COc1cc(C=CC2CCCC2)cc(OC)c1. The van der Waals surface area contributed by atoms with Crippen LogP contribution in [0.15, 0.2) is 24.3 Å². The van der Waals surface area contributed by atoms with Crippen molar-refractivity contribution < 1.29 is 9.47 Å². The summed E-state index contributed by atoms with van der Waals surface area (Å²) in [6, 6.07) is 5.97. The van der Waals surface area contributed by atoms with Crippen molar-refractivity contribution in [1.82, 2.24) is 0 Å². The molecule has 2 nitrogen and oxygen atoms in total. The second-order valence-corrected chi connectivity index (χ2v) is 4.55. The van der Waals surface area contributed by atoms with Crippen molar-refractivity contribution in [2.75, 3.05) is 14.2 Å². The number of benzene rings is 1. The van der Waals surface area contributed by atoms with Crippen molar-refractivity contribution in [3.05, 3.63) is 29.8 Å². The number of hydrogen-bond acceptors (Lipinski definition) is 2. The van der Waals surface area contributed by atoms with E-state index in [1.54, 1.807) is 14.2 Å². The molecule has 0 aliphatic heterocycles. The van der Waals surface area contributed by atoms with E-state index in [1.165, 1.54) is 25.7 Å². The Kier molecular flexibility index (Phi) is 4.08. The highest BCUT2D eigenvalue weighted by atomic mass is 16.5. The summed E-state index contributed by atoms with van der Waals surface area (Å²) >= 11 is 0. The summed E-state index contributed by atoms with van der Waals surface area (Å²) in [5.41, 5.74) is 1.15. The van der Waals surface area contributed by atoms with Crippen LogP contribution < -0.4 is 9.47 Å². The van der Waals surface area contributed by atoms with Crippen molar-refractivity contribution in [2.24, 2.45) is 5.92 Å². The summed E-state index contributed by atoms with van der Waals surface area (Å²) in [7, 11) is 3.36. The minimum Gasteiger partial charge on any atom is -0.497 e. The predicted molar refractivity (Wildman–Crippen MR) is 70.5 cm³/mol. The van der Waals surface area contributed by atoms with Crippen LogP contribution in [0.1, 0.15) is 31.2 Å². The molecular weight excluding hydrogens is 212 g/mol. The van der Waals surface area contributed by atoms with Crippen LogP contribution in [0.2, 0.25) is 0 Å². The average Bonchev–Trinajstić information content (AvgIpc) is 2.89. The van der Waals surface area contributed by atoms with Crippen molar-refractivity contribution in [1.29, 1.82) is 0 Å². The van der Waals surface area contributed by atoms with Gasteiger partial charge in [-0.1, -0.05) is 25.0 Å². The summed E-state index contributed by atoms with van der Waals surface area (Å²) in [5.74, 6) is 2.44. The molecule has 0 bridgehead atoms. The molecule has 0 saturated heterocycles. The molecule has 0 spiro atoms. The molecule has 1 fully saturated rings. The Balaban J connectivity index is 2.13. The van der Waals surface area contributed by atoms with Gasteiger partial charge in [-0.05, 0) is 36.5 Å². The first kappa shape index (κ1) is 12.0. The molecule has 2 heteroatoms. The lowest BCUT2D eigenvalue weighted by molar-refractivity contribution is 0.394. The Labute approximate surface area is 103 Å². The van der Waals surface area contributed by atoms with E-state index < -0.39 is 0 Å². The Morgan fingerprint density at radius 1 is 1.00 bits per heavy atom. The van der Waals surface area contributed by atoms with E-state index in [9.17, 15) is 0 Å². The van der Waals surface area contributed by atoms with Gasteiger partial charge in [-0.3, -0.25) is 0 Å². The molecule has 2 rings (SSSR count). The largest absolute Gasteiger partial charge is 0.497 e. The first-order valence-electron chi connectivity index (χ1n) is 6.23. The molecule has 1 aromatic rings. The third-order valence-corrected chi connectivity index (χ3v) is 3.33. The zero-order valence-electron chi connectivity index (χ0n) is 10.6. The summed E-state index contributed by atoms with van der Waals surface area (Å²) in [6.07, 6.45) is 9.91.